The minimum absolute atomic E-state index is 0.0287. The van der Waals surface area contributed by atoms with Gasteiger partial charge in [-0.2, -0.15) is 11.8 Å². The number of nitrogens with zero attached hydrogens (tertiary/aromatic N) is 1. The lowest BCUT2D eigenvalue weighted by molar-refractivity contribution is -0.146. The molecule has 0 aliphatic carbocycles. The third-order valence-corrected chi connectivity index (χ3v) is 3.72. The molecule has 0 bridgehead atoms. The molecule has 1 N–H and O–H groups in total. The van der Waals surface area contributed by atoms with Crippen molar-refractivity contribution in [2.24, 2.45) is 0 Å². The molecule has 2 atom stereocenters. The fourth-order valence-electron chi connectivity index (χ4n) is 2.04. The molecule has 1 fully saturated rings. The van der Waals surface area contributed by atoms with Crippen molar-refractivity contribution in [3.63, 3.8) is 0 Å². The Morgan fingerprint density at radius 1 is 1.53 bits per heavy atom. The van der Waals surface area contributed by atoms with Gasteiger partial charge in [-0.05, 0) is 31.8 Å². The smallest absolute Gasteiger partial charge is 0.245 e. The minimum Gasteiger partial charge on any atom is -0.343 e. The fourth-order valence-corrected chi connectivity index (χ4v) is 2.61. The Labute approximate surface area is 108 Å². The normalized spacial score (nSPS) is 22.5. The summed E-state index contributed by atoms with van der Waals surface area (Å²) in [4.78, 5) is 25.5. The summed E-state index contributed by atoms with van der Waals surface area (Å²) in [6.07, 6.45) is 4.64. The van der Waals surface area contributed by atoms with Crippen LogP contribution in [0.2, 0.25) is 0 Å². The fraction of sp³-hybridized carbons (Fsp3) is 0.833. The van der Waals surface area contributed by atoms with Crippen molar-refractivity contribution in [1.82, 2.24) is 10.2 Å². The highest BCUT2D eigenvalue weighted by Gasteiger charge is 2.34. The molecule has 0 radical (unpaired) electrons. The first-order valence-electron chi connectivity index (χ1n) is 6.19. The second-order valence-electron chi connectivity index (χ2n) is 4.51. The van der Waals surface area contributed by atoms with Crippen LogP contribution in [-0.2, 0) is 9.59 Å². The van der Waals surface area contributed by atoms with E-state index in [1.165, 1.54) is 0 Å². The van der Waals surface area contributed by atoms with Gasteiger partial charge in [0, 0.05) is 6.04 Å². The molecule has 2 unspecified atom stereocenters. The van der Waals surface area contributed by atoms with Gasteiger partial charge in [0.2, 0.25) is 11.8 Å². The molecule has 0 aromatic carbocycles. The summed E-state index contributed by atoms with van der Waals surface area (Å²) in [5, 5.41) is 2.77. The zero-order chi connectivity index (χ0) is 12.8. The lowest BCUT2D eigenvalue weighted by Gasteiger charge is -2.36. The van der Waals surface area contributed by atoms with Crippen molar-refractivity contribution in [2.75, 3.05) is 18.6 Å². The quantitative estimate of drug-likeness (QED) is 0.780. The van der Waals surface area contributed by atoms with Crippen LogP contribution >= 0.6 is 11.8 Å². The Morgan fingerprint density at radius 3 is 2.82 bits per heavy atom. The minimum atomic E-state index is -0.307. The average Bonchev–Trinajstić information content (AvgIpc) is 2.30. The largest absolute Gasteiger partial charge is 0.343 e. The summed E-state index contributed by atoms with van der Waals surface area (Å²) in [7, 11) is 0. The lowest BCUT2D eigenvalue weighted by Crippen LogP contribution is -2.60. The first-order chi connectivity index (χ1) is 8.10. The van der Waals surface area contributed by atoms with Gasteiger partial charge in [0.15, 0.2) is 0 Å². The van der Waals surface area contributed by atoms with Crippen LogP contribution in [0.3, 0.4) is 0 Å². The van der Waals surface area contributed by atoms with E-state index in [0.29, 0.717) is 0 Å². The van der Waals surface area contributed by atoms with Crippen molar-refractivity contribution in [3.8, 4) is 0 Å². The van der Waals surface area contributed by atoms with Gasteiger partial charge in [0.1, 0.15) is 6.04 Å². The summed E-state index contributed by atoms with van der Waals surface area (Å²) in [6.45, 7) is 4.26. The van der Waals surface area contributed by atoms with Crippen molar-refractivity contribution >= 4 is 23.6 Å². The maximum atomic E-state index is 12.2. The molecule has 0 aromatic heterocycles. The van der Waals surface area contributed by atoms with E-state index in [0.717, 1.165) is 25.0 Å². The zero-order valence-corrected chi connectivity index (χ0v) is 11.7. The summed E-state index contributed by atoms with van der Waals surface area (Å²) >= 11 is 1.77. The Hall–Kier alpha value is -0.710. The molecule has 1 saturated heterocycles. The Morgan fingerprint density at radius 2 is 2.24 bits per heavy atom. The van der Waals surface area contributed by atoms with E-state index >= 15 is 0 Å². The summed E-state index contributed by atoms with van der Waals surface area (Å²) in [6, 6.07) is -0.154. The highest BCUT2D eigenvalue weighted by atomic mass is 32.2. The topological polar surface area (TPSA) is 49.4 Å². The van der Waals surface area contributed by atoms with Gasteiger partial charge in [-0.25, -0.2) is 0 Å². The Kier molecular flexibility index (Phi) is 5.82. The number of hydrogen-bond acceptors (Lipinski definition) is 3. The molecule has 17 heavy (non-hydrogen) atoms. The highest BCUT2D eigenvalue weighted by molar-refractivity contribution is 7.98. The molecule has 98 valence electrons. The number of piperazine rings is 1. The SMILES string of the molecule is CCCC1NC(=O)CN(C(C)CCSC)C1=O. The third kappa shape index (κ3) is 3.91. The average molecular weight is 258 g/mol. The second-order valence-corrected chi connectivity index (χ2v) is 5.49. The van der Waals surface area contributed by atoms with Crippen LogP contribution < -0.4 is 5.32 Å². The number of carbonyl (C=O) groups excluding carboxylic acids is 2. The van der Waals surface area contributed by atoms with Crippen LogP contribution in [0.25, 0.3) is 0 Å². The third-order valence-electron chi connectivity index (χ3n) is 3.08. The van der Waals surface area contributed by atoms with E-state index in [1.54, 1.807) is 16.7 Å². The molecule has 1 heterocycles. The van der Waals surface area contributed by atoms with Crippen LogP contribution in [0, 0.1) is 0 Å². The van der Waals surface area contributed by atoms with Gasteiger partial charge >= 0.3 is 0 Å². The predicted octanol–water partition coefficient (Wildman–Crippen LogP) is 1.26. The zero-order valence-electron chi connectivity index (χ0n) is 10.9. The molecule has 1 rings (SSSR count). The molecule has 1 aliphatic rings. The maximum absolute atomic E-state index is 12.2. The lowest BCUT2D eigenvalue weighted by atomic mass is 10.1. The highest BCUT2D eigenvalue weighted by Crippen LogP contribution is 2.14. The predicted molar refractivity (Wildman–Crippen MR) is 71.0 cm³/mol. The molecular formula is C12H22N2O2S. The first kappa shape index (κ1) is 14.4. The Bertz CT molecular complexity index is 284. The summed E-state index contributed by atoms with van der Waals surface area (Å²) in [5.74, 6) is 1.07. The van der Waals surface area contributed by atoms with Gasteiger partial charge in [-0.15, -0.1) is 0 Å². The number of amides is 2. The van der Waals surface area contributed by atoms with E-state index in [4.69, 9.17) is 0 Å². The summed E-state index contributed by atoms with van der Waals surface area (Å²) < 4.78 is 0. The molecule has 5 heteroatoms. The molecular weight excluding hydrogens is 236 g/mol. The number of rotatable bonds is 6. The van der Waals surface area contributed by atoms with E-state index < -0.39 is 0 Å². The standard InChI is InChI=1S/C12H22N2O2S/c1-4-5-10-12(16)14(8-11(15)13-10)9(2)6-7-17-3/h9-10H,4-8H2,1-3H3,(H,13,15). The maximum Gasteiger partial charge on any atom is 0.245 e. The van der Waals surface area contributed by atoms with Crippen LogP contribution in [0.1, 0.15) is 33.1 Å². The van der Waals surface area contributed by atoms with Crippen LogP contribution in [0.4, 0.5) is 0 Å². The van der Waals surface area contributed by atoms with Gasteiger partial charge in [0.25, 0.3) is 0 Å². The van der Waals surface area contributed by atoms with Crippen LogP contribution in [-0.4, -0.2) is 47.4 Å². The molecule has 0 aromatic rings. The number of carbonyl (C=O) groups is 2. The van der Waals surface area contributed by atoms with Crippen molar-refractivity contribution < 1.29 is 9.59 Å². The number of thioether (sulfide) groups is 1. The summed E-state index contributed by atoms with van der Waals surface area (Å²) in [5.41, 5.74) is 0. The van der Waals surface area contributed by atoms with E-state index in [-0.39, 0.29) is 30.4 Å². The first-order valence-corrected chi connectivity index (χ1v) is 7.58. The monoisotopic (exact) mass is 258 g/mol. The van der Waals surface area contributed by atoms with Crippen molar-refractivity contribution in [3.05, 3.63) is 0 Å². The van der Waals surface area contributed by atoms with Gasteiger partial charge in [-0.3, -0.25) is 9.59 Å². The molecule has 0 saturated carbocycles. The van der Waals surface area contributed by atoms with Crippen molar-refractivity contribution in [1.29, 1.82) is 0 Å². The molecule has 0 spiro atoms. The molecule has 1 aliphatic heterocycles. The van der Waals surface area contributed by atoms with Crippen LogP contribution in [0.15, 0.2) is 0 Å². The van der Waals surface area contributed by atoms with Gasteiger partial charge in [-0.1, -0.05) is 13.3 Å². The van der Waals surface area contributed by atoms with E-state index in [2.05, 4.69) is 11.6 Å². The van der Waals surface area contributed by atoms with Crippen molar-refractivity contribution in [2.45, 2.75) is 45.2 Å². The Balaban J connectivity index is 2.63. The van der Waals surface area contributed by atoms with Gasteiger partial charge < -0.3 is 10.2 Å². The number of nitrogens with one attached hydrogen (secondary N) is 1. The second kappa shape index (κ2) is 6.89. The molecule has 2 amide bonds. The van der Waals surface area contributed by atoms with E-state index in [1.807, 2.05) is 13.8 Å². The number of hydrogen-bond donors (Lipinski definition) is 1. The van der Waals surface area contributed by atoms with E-state index in [9.17, 15) is 9.59 Å². The van der Waals surface area contributed by atoms with Crippen LogP contribution in [0.5, 0.6) is 0 Å². The van der Waals surface area contributed by atoms with Gasteiger partial charge in [0.05, 0.1) is 6.54 Å². The molecule has 4 nitrogen and oxygen atoms in total.